The molecule has 2 atom stereocenters. The van der Waals surface area contributed by atoms with Gasteiger partial charge in [0.2, 0.25) is 0 Å². The maximum atomic E-state index is 11.8. The van der Waals surface area contributed by atoms with Crippen LogP contribution in [0.3, 0.4) is 0 Å². The number of likely N-dealkylation sites (N-methyl/N-ethyl adjacent to an activating group) is 1. The van der Waals surface area contributed by atoms with Gasteiger partial charge in [0.25, 0.3) is 0 Å². The molecule has 112 valence electrons. The van der Waals surface area contributed by atoms with Crippen LogP contribution in [-0.4, -0.2) is 43.8 Å². The molecule has 0 radical (unpaired) electrons. The first-order chi connectivity index (χ1) is 10.2. The highest BCUT2D eigenvalue weighted by Crippen LogP contribution is 2.58. The Morgan fingerprint density at radius 1 is 1.33 bits per heavy atom. The molecule has 2 saturated heterocycles. The van der Waals surface area contributed by atoms with Crippen molar-refractivity contribution >= 4 is 11.8 Å². The van der Waals surface area contributed by atoms with E-state index in [2.05, 4.69) is 36.1 Å². The molecule has 2 aliphatic heterocycles. The van der Waals surface area contributed by atoms with Crippen LogP contribution in [0.5, 0.6) is 0 Å². The van der Waals surface area contributed by atoms with Crippen molar-refractivity contribution in [1.29, 1.82) is 0 Å². The number of ether oxygens (including phenoxy) is 1. The molecule has 3 aliphatic rings. The largest absolute Gasteiger partial charge is 0.449 e. The third-order valence-electron chi connectivity index (χ3n) is 5.39. The van der Waals surface area contributed by atoms with Gasteiger partial charge >= 0.3 is 6.09 Å². The van der Waals surface area contributed by atoms with Crippen molar-refractivity contribution in [2.75, 3.05) is 37.7 Å². The second kappa shape index (κ2) is 4.73. The van der Waals surface area contributed by atoms with Gasteiger partial charge in [-0.1, -0.05) is 19.1 Å². The molecule has 1 amide bonds. The molecular formula is C17H22N2O2. The van der Waals surface area contributed by atoms with Crippen molar-refractivity contribution in [3.05, 3.63) is 29.8 Å². The highest BCUT2D eigenvalue weighted by Gasteiger charge is 2.60. The zero-order valence-corrected chi connectivity index (χ0v) is 12.5. The summed E-state index contributed by atoms with van der Waals surface area (Å²) >= 11 is 0. The van der Waals surface area contributed by atoms with E-state index < -0.39 is 0 Å². The number of benzene rings is 1. The quantitative estimate of drug-likeness (QED) is 0.856. The number of nitrogens with zero attached hydrogens (tertiary/aromatic N) is 2. The molecular weight excluding hydrogens is 264 g/mol. The van der Waals surface area contributed by atoms with E-state index in [-0.39, 0.29) is 6.09 Å². The zero-order chi connectivity index (χ0) is 14.4. The first kappa shape index (κ1) is 13.1. The average Bonchev–Trinajstić information content (AvgIpc) is 3.10. The smallest absolute Gasteiger partial charge is 0.414 e. The van der Waals surface area contributed by atoms with Gasteiger partial charge in [-0.25, -0.2) is 4.79 Å². The molecule has 4 rings (SSSR count). The zero-order valence-electron chi connectivity index (χ0n) is 12.5. The molecule has 0 spiro atoms. The third-order valence-corrected chi connectivity index (χ3v) is 5.39. The number of likely N-dealkylation sites (tertiary alicyclic amines) is 1. The topological polar surface area (TPSA) is 32.8 Å². The molecule has 1 saturated carbocycles. The Kier molecular flexibility index (Phi) is 2.96. The highest BCUT2D eigenvalue weighted by atomic mass is 16.6. The second-order valence-corrected chi connectivity index (χ2v) is 6.55. The van der Waals surface area contributed by atoms with E-state index in [1.165, 1.54) is 25.1 Å². The van der Waals surface area contributed by atoms with Crippen LogP contribution in [0.4, 0.5) is 10.5 Å². The standard InChI is InChI=1S/C17H22N2O2/c1-2-18-11-14-10-17(14,12-18)13-4-6-15(7-5-13)19-8-3-9-21-16(19)20/h4-7,14H,2-3,8-12H2,1H3. The van der Waals surface area contributed by atoms with Gasteiger partial charge in [0.1, 0.15) is 0 Å². The first-order valence-corrected chi connectivity index (χ1v) is 8.00. The van der Waals surface area contributed by atoms with Crippen LogP contribution in [0.25, 0.3) is 0 Å². The molecule has 2 unspecified atom stereocenters. The van der Waals surface area contributed by atoms with E-state index in [1.54, 1.807) is 4.90 Å². The Bertz CT molecular complexity index is 556. The van der Waals surface area contributed by atoms with Crippen LogP contribution >= 0.6 is 0 Å². The van der Waals surface area contributed by atoms with E-state index in [1.807, 2.05) is 0 Å². The summed E-state index contributed by atoms with van der Waals surface area (Å²) in [5, 5.41) is 0. The Morgan fingerprint density at radius 2 is 2.14 bits per heavy atom. The molecule has 1 aromatic carbocycles. The fraction of sp³-hybridized carbons (Fsp3) is 0.588. The summed E-state index contributed by atoms with van der Waals surface area (Å²) in [5.74, 6) is 0.836. The molecule has 1 aromatic rings. The molecule has 4 nitrogen and oxygen atoms in total. The number of hydrogen-bond acceptors (Lipinski definition) is 3. The Labute approximate surface area is 125 Å². The number of hydrogen-bond donors (Lipinski definition) is 0. The lowest BCUT2D eigenvalue weighted by Gasteiger charge is -2.27. The molecule has 0 bridgehead atoms. The molecule has 0 N–H and O–H groups in total. The fourth-order valence-electron chi connectivity index (χ4n) is 4.03. The van der Waals surface area contributed by atoms with Crippen LogP contribution < -0.4 is 4.90 Å². The van der Waals surface area contributed by atoms with Crippen molar-refractivity contribution in [3.63, 3.8) is 0 Å². The molecule has 2 heterocycles. The predicted octanol–water partition coefficient (Wildman–Crippen LogP) is 2.63. The van der Waals surface area contributed by atoms with E-state index in [0.717, 1.165) is 31.1 Å². The lowest BCUT2D eigenvalue weighted by atomic mass is 9.94. The van der Waals surface area contributed by atoms with E-state index in [4.69, 9.17) is 4.74 Å². The predicted molar refractivity (Wildman–Crippen MR) is 81.7 cm³/mol. The Balaban J connectivity index is 1.53. The Morgan fingerprint density at radius 3 is 2.81 bits per heavy atom. The maximum absolute atomic E-state index is 11.8. The number of carbonyl (C=O) groups excluding carboxylic acids is 1. The summed E-state index contributed by atoms with van der Waals surface area (Å²) in [4.78, 5) is 16.1. The summed E-state index contributed by atoms with van der Waals surface area (Å²) in [6.07, 6.45) is 2.02. The van der Waals surface area contributed by atoms with Gasteiger partial charge in [-0.15, -0.1) is 0 Å². The number of cyclic esters (lactones) is 1. The maximum Gasteiger partial charge on any atom is 0.414 e. The van der Waals surface area contributed by atoms with Crippen LogP contribution in [0.1, 0.15) is 25.3 Å². The monoisotopic (exact) mass is 286 g/mol. The van der Waals surface area contributed by atoms with Gasteiger partial charge in [-0.2, -0.15) is 0 Å². The van der Waals surface area contributed by atoms with E-state index >= 15 is 0 Å². The van der Waals surface area contributed by atoms with Crippen molar-refractivity contribution < 1.29 is 9.53 Å². The number of piperidine rings is 1. The molecule has 0 aromatic heterocycles. The van der Waals surface area contributed by atoms with Gasteiger partial charge in [0.15, 0.2) is 0 Å². The van der Waals surface area contributed by atoms with Gasteiger partial charge in [0.05, 0.1) is 6.61 Å². The minimum Gasteiger partial charge on any atom is -0.449 e. The van der Waals surface area contributed by atoms with Gasteiger partial charge < -0.3 is 9.64 Å². The number of rotatable bonds is 3. The lowest BCUT2D eigenvalue weighted by molar-refractivity contribution is 0.140. The number of carbonyl (C=O) groups is 1. The van der Waals surface area contributed by atoms with Crippen molar-refractivity contribution in [2.24, 2.45) is 5.92 Å². The molecule has 3 fully saturated rings. The van der Waals surface area contributed by atoms with Crippen LogP contribution in [0.15, 0.2) is 24.3 Å². The lowest BCUT2D eigenvalue weighted by Crippen LogP contribution is -2.37. The van der Waals surface area contributed by atoms with Crippen LogP contribution in [0.2, 0.25) is 0 Å². The molecule has 21 heavy (non-hydrogen) atoms. The molecule has 4 heteroatoms. The highest BCUT2D eigenvalue weighted by molar-refractivity contribution is 5.88. The van der Waals surface area contributed by atoms with Gasteiger partial charge in [0, 0.05) is 30.7 Å². The third kappa shape index (κ3) is 2.04. The minimum atomic E-state index is -0.213. The minimum absolute atomic E-state index is 0.213. The number of anilines is 1. The van der Waals surface area contributed by atoms with E-state index in [9.17, 15) is 4.79 Å². The normalized spacial score (nSPS) is 32.0. The summed E-state index contributed by atoms with van der Waals surface area (Å²) < 4.78 is 5.11. The van der Waals surface area contributed by atoms with Gasteiger partial charge in [-0.05, 0) is 43.0 Å². The van der Waals surface area contributed by atoms with Crippen LogP contribution in [0, 0.1) is 5.92 Å². The Hall–Kier alpha value is -1.55. The van der Waals surface area contributed by atoms with Crippen LogP contribution in [-0.2, 0) is 10.2 Å². The SMILES string of the molecule is CCN1CC2CC2(c2ccc(N3CCCOC3=O)cc2)C1. The van der Waals surface area contributed by atoms with Crippen molar-refractivity contribution in [1.82, 2.24) is 4.90 Å². The summed E-state index contributed by atoms with van der Waals surface area (Å²) in [6, 6.07) is 8.61. The van der Waals surface area contributed by atoms with Crippen molar-refractivity contribution in [2.45, 2.75) is 25.2 Å². The number of fused-ring (bicyclic) bond motifs is 1. The van der Waals surface area contributed by atoms with Gasteiger partial charge in [-0.3, -0.25) is 4.90 Å². The summed E-state index contributed by atoms with van der Waals surface area (Å²) in [6.45, 7) is 7.13. The fourth-order valence-corrected chi connectivity index (χ4v) is 4.03. The molecule has 1 aliphatic carbocycles. The number of amides is 1. The van der Waals surface area contributed by atoms with E-state index in [0.29, 0.717) is 12.0 Å². The van der Waals surface area contributed by atoms with Crippen molar-refractivity contribution in [3.8, 4) is 0 Å². The summed E-state index contributed by atoms with van der Waals surface area (Å²) in [5.41, 5.74) is 2.80. The average molecular weight is 286 g/mol. The second-order valence-electron chi connectivity index (χ2n) is 6.55. The summed E-state index contributed by atoms with van der Waals surface area (Å²) in [7, 11) is 0. The first-order valence-electron chi connectivity index (χ1n) is 8.00.